The van der Waals surface area contributed by atoms with Gasteiger partial charge in [0.1, 0.15) is 0 Å². The maximum Gasteiger partial charge on any atom is 0.191 e. The van der Waals surface area contributed by atoms with Crippen LogP contribution in [0.2, 0.25) is 0 Å². The zero-order valence-corrected chi connectivity index (χ0v) is 20.1. The first-order valence-corrected chi connectivity index (χ1v) is 11.4. The van der Waals surface area contributed by atoms with Gasteiger partial charge in [-0.15, -0.1) is 24.0 Å². The molecule has 162 valence electrons. The van der Waals surface area contributed by atoms with Crippen LogP contribution in [-0.2, 0) is 4.74 Å². The first-order valence-electron chi connectivity index (χ1n) is 11.4. The number of hydrogen-bond acceptors (Lipinski definition) is 3. The lowest BCUT2D eigenvalue weighted by molar-refractivity contribution is 0.153. The van der Waals surface area contributed by atoms with Crippen LogP contribution in [0.15, 0.2) is 16.6 Å². The summed E-state index contributed by atoms with van der Waals surface area (Å²) in [6, 6.07) is 0.563. The van der Waals surface area contributed by atoms with Crippen LogP contribution in [0.4, 0.5) is 0 Å². The minimum atomic E-state index is 0. The van der Waals surface area contributed by atoms with E-state index in [9.17, 15) is 0 Å². The maximum atomic E-state index is 5.38. The van der Waals surface area contributed by atoms with Crippen molar-refractivity contribution in [1.29, 1.82) is 0 Å². The van der Waals surface area contributed by atoms with Gasteiger partial charge in [0.25, 0.3) is 0 Å². The third-order valence-corrected chi connectivity index (χ3v) is 6.27. The molecular weight excluding hydrogens is 463 g/mol. The van der Waals surface area contributed by atoms with Gasteiger partial charge in [0.2, 0.25) is 0 Å². The van der Waals surface area contributed by atoms with E-state index >= 15 is 0 Å². The number of guanidine groups is 1. The van der Waals surface area contributed by atoms with Crippen molar-refractivity contribution in [3.05, 3.63) is 11.6 Å². The standard InChI is InChI=1S/C22H40N4O.HI/c1-2-23-22(24-13-8-19-11-16-27-17-12-19)25-21-9-14-26(15-10-21)18-20-6-4-3-5-7-20;/h11,20-21H,2-10,12-18H2,1H3,(H2,23,24,25);1H. The van der Waals surface area contributed by atoms with Crippen LogP contribution in [0, 0.1) is 5.92 Å². The number of rotatable bonds is 7. The van der Waals surface area contributed by atoms with Gasteiger partial charge in [-0.3, -0.25) is 4.99 Å². The minimum Gasteiger partial charge on any atom is -0.377 e. The van der Waals surface area contributed by atoms with Crippen molar-refractivity contribution in [1.82, 2.24) is 15.5 Å². The highest BCUT2D eigenvalue weighted by atomic mass is 127. The zero-order chi connectivity index (χ0) is 18.7. The monoisotopic (exact) mass is 504 g/mol. The summed E-state index contributed by atoms with van der Waals surface area (Å²) in [6.07, 6.45) is 14.1. The molecule has 0 unspecified atom stereocenters. The molecule has 0 amide bonds. The highest BCUT2D eigenvalue weighted by Crippen LogP contribution is 2.25. The molecule has 0 atom stereocenters. The zero-order valence-electron chi connectivity index (χ0n) is 17.8. The molecule has 2 fully saturated rings. The van der Waals surface area contributed by atoms with Crippen molar-refractivity contribution >= 4 is 29.9 Å². The molecule has 1 aliphatic carbocycles. The molecule has 28 heavy (non-hydrogen) atoms. The Bertz CT molecular complexity index is 483. The number of halogens is 1. The smallest absolute Gasteiger partial charge is 0.191 e. The number of nitrogens with one attached hydrogen (secondary N) is 2. The van der Waals surface area contributed by atoms with E-state index in [2.05, 4.69) is 28.5 Å². The summed E-state index contributed by atoms with van der Waals surface area (Å²) >= 11 is 0. The fourth-order valence-corrected chi connectivity index (χ4v) is 4.61. The van der Waals surface area contributed by atoms with Crippen molar-refractivity contribution in [3.63, 3.8) is 0 Å². The van der Waals surface area contributed by atoms with Gasteiger partial charge in [0, 0.05) is 38.8 Å². The molecule has 0 radical (unpaired) electrons. The fourth-order valence-electron chi connectivity index (χ4n) is 4.61. The predicted molar refractivity (Wildman–Crippen MR) is 129 cm³/mol. The molecule has 1 saturated heterocycles. The van der Waals surface area contributed by atoms with Crippen molar-refractivity contribution in [3.8, 4) is 0 Å². The second kappa shape index (κ2) is 13.8. The van der Waals surface area contributed by atoms with Crippen LogP contribution in [-0.4, -0.2) is 62.8 Å². The van der Waals surface area contributed by atoms with Gasteiger partial charge in [-0.25, -0.2) is 0 Å². The lowest BCUT2D eigenvalue weighted by atomic mass is 9.88. The van der Waals surface area contributed by atoms with Gasteiger partial charge in [-0.1, -0.05) is 30.9 Å². The Balaban J connectivity index is 0.00000280. The molecule has 0 bridgehead atoms. The third-order valence-electron chi connectivity index (χ3n) is 6.27. The molecule has 5 nitrogen and oxygen atoms in total. The molecule has 0 aromatic carbocycles. The molecular formula is C22H41IN4O. The predicted octanol–water partition coefficient (Wildman–Crippen LogP) is 3.94. The Morgan fingerprint density at radius 3 is 2.64 bits per heavy atom. The normalized spacial score (nSPS) is 23.0. The van der Waals surface area contributed by atoms with Crippen LogP contribution in [0.5, 0.6) is 0 Å². The average molecular weight is 505 g/mol. The first kappa shape index (κ1) is 23.9. The highest BCUT2D eigenvalue weighted by molar-refractivity contribution is 14.0. The molecule has 1 saturated carbocycles. The summed E-state index contributed by atoms with van der Waals surface area (Å²) in [7, 11) is 0. The molecule has 2 N–H and O–H groups in total. The number of ether oxygens (including phenoxy) is 1. The Hall–Kier alpha value is -0.340. The van der Waals surface area contributed by atoms with E-state index in [4.69, 9.17) is 9.73 Å². The van der Waals surface area contributed by atoms with Gasteiger partial charge < -0.3 is 20.3 Å². The Labute approximate surface area is 189 Å². The minimum absolute atomic E-state index is 0. The van der Waals surface area contributed by atoms with Crippen molar-refractivity contribution in [2.75, 3.05) is 45.9 Å². The first-order chi connectivity index (χ1) is 13.3. The van der Waals surface area contributed by atoms with Gasteiger partial charge in [0.15, 0.2) is 5.96 Å². The molecule has 3 aliphatic rings. The van der Waals surface area contributed by atoms with E-state index in [0.717, 1.165) is 51.0 Å². The quantitative estimate of drug-likeness (QED) is 0.239. The summed E-state index contributed by atoms with van der Waals surface area (Å²) in [5.41, 5.74) is 1.50. The molecule has 3 rings (SSSR count). The van der Waals surface area contributed by atoms with E-state index in [0.29, 0.717) is 6.04 Å². The lowest BCUT2D eigenvalue weighted by Gasteiger charge is -2.36. The molecule has 6 heteroatoms. The van der Waals surface area contributed by atoms with Crippen LogP contribution >= 0.6 is 24.0 Å². The van der Waals surface area contributed by atoms with Crippen LogP contribution in [0.1, 0.15) is 64.7 Å². The number of likely N-dealkylation sites (tertiary alicyclic amines) is 1. The van der Waals surface area contributed by atoms with Crippen molar-refractivity contribution in [2.24, 2.45) is 10.9 Å². The Kier molecular flexibility index (Phi) is 11.8. The summed E-state index contributed by atoms with van der Waals surface area (Å²) in [5, 5.41) is 7.11. The van der Waals surface area contributed by atoms with Crippen molar-refractivity contribution < 1.29 is 4.74 Å². The average Bonchev–Trinajstić information content (AvgIpc) is 2.71. The number of piperidine rings is 1. The topological polar surface area (TPSA) is 48.9 Å². The van der Waals surface area contributed by atoms with E-state index in [-0.39, 0.29) is 24.0 Å². The summed E-state index contributed by atoms with van der Waals surface area (Å²) in [4.78, 5) is 7.52. The highest BCUT2D eigenvalue weighted by Gasteiger charge is 2.23. The van der Waals surface area contributed by atoms with E-state index < -0.39 is 0 Å². The molecule has 2 aliphatic heterocycles. The van der Waals surface area contributed by atoms with Gasteiger partial charge in [-0.2, -0.15) is 0 Å². The summed E-state index contributed by atoms with van der Waals surface area (Å²) in [6.45, 7) is 9.38. The number of aliphatic imine (C=N–C) groups is 1. The molecule has 2 heterocycles. The fraction of sp³-hybridized carbons (Fsp3) is 0.864. The molecule has 0 aromatic heterocycles. The Morgan fingerprint density at radius 2 is 1.96 bits per heavy atom. The van der Waals surface area contributed by atoms with Crippen molar-refractivity contribution in [2.45, 2.75) is 70.8 Å². The second-order valence-corrected chi connectivity index (χ2v) is 8.42. The second-order valence-electron chi connectivity index (χ2n) is 8.42. The van der Waals surface area contributed by atoms with E-state index in [1.54, 1.807) is 0 Å². The van der Waals surface area contributed by atoms with Gasteiger partial charge in [-0.05, 0) is 51.4 Å². The van der Waals surface area contributed by atoms with Crippen LogP contribution < -0.4 is 10.6 Å². The molecule has 0 aromatic rings. The third kappa shape index (κ3) is 8.57. The van der Waals surface area contributed by atoms with E-state index in [1.165, 1.54) is 70.2 Å². The maximum absolute atomic E-state index is 5.38. The number of nitrogens with zero attached hydrogens (tertiary/aromatic N) is 2. The van der Waals surface area contributed by atoms with E-state index in [1.807, 2.05) is 0 Å². The number of hydrogen-bond donors (Lipinski definition) is 2. The van der Waals surface area contributed by atoms with Gasteiger partial charge in [0.05, 0.1) is 13.2 Å². The Morgan fingerprint density at radius 1 is 1.18 bits per heavy atom. The summed E-state index contributed by atoms with van der Waals surface area (Å²) < 4.78 is 5.38. The van der Waals surface area contributed by atoms with Crippen LogP contribution in [0.3, 0.4) is 0 Å². The molecule has 0 spiro atoms. The van der Waals surface area contributed by atoms with Crippen LogP contribution in [0.25, 0.3) is 0 Å². The largest absolute Gasteiger partial charge is 0.377 e. The SMILES string of the molecule is CCNC(=NCCC1=CCOCC1)NC1CCN(CC2CCCCC2)CC1.I. The van der Waals surface area contributed by atoms with Gasteiger partial charge >= 0.3 is 0 Å². The lowest BCUT2D eigenvalue weighted by Crippen LogP contribution is -2.49. The summed E-state index contributed by atoms with van der Waals surface area (Å²) in [5.74, 6) is 1.96.